The number of hydrogen-bond donors (Lipinski definition) is 0. The zero-order valence-electron chi connectivity index (χ0n) is 9.43. The topological polar surface area (TPSA) is 51.2 Å². The lowest BCUT2D eigenvalue weighted by Gasteiger charge is -2.12. The second-order valence-corrected chi connectivity index (χ2v) is 7.85. The standard InChI is InChI=1S/C12H11FO3S2/c13-8-2-1-3-9-10(8)11(14)12-7(4-5-17-12)6-18(9,15)16/h1-3,7,12H,4-6H2. The number of thioether (sulfide) groups is 1. The number of fused-ring (bicyclic) bond motifs is 2. The van der Waals surface area contributed by atoms with Crippen LogP contribution in [0.2, 0.25) is 0 Å². The molecule has 2 aliphatic heterocycles. The van der Waals surface area contributed by atoms with Gasteiger partial charge in [0.1, 0.15) is 5.82 Å². The summed E-state index contributed by atoms with van der Waals surface area (Å²) >= 11 is 1.44. The monoisotopic (exact) mass is 286 g/mol. The maximum absolute atomic E-state index is 13.8. The summed E-state index contributed by atoms with van der Waals surface area (Å²) in [6.07, 6.45) is 0.704. The molecule has 1 aromatic rings. The summed E-state index contributed by atoms with van der Waals surface area (Å²) in [6, 6.07) is 3.82. The van der Waals surface area contributed by atoms with E-state index in [1.165, 1.54) is 23.9 Å². The fourth-order valence-electron chi connectivity index (χ4n) is 2.61. The van der Waals surface area contributed by atoms with E-state index in [9.17, 15) is 17.6 Å². The molecular weight excluding hydrogens is 275 g/mol. The molecule has 0 bridgehead atoms. The molecule has 3 nitrogen and oxygen atoms in total. The predicted molar refractivity (Wildman–Crippen MR) is 67.1 cm³/mol. The summed E-state index contributed by atoms with van der Waals surface area (Å²) in [6.45, 7) is 0. The number of rotatable bonds is 0. The van der Waals surface area contributed by atoms with E-state index in [1.807, 2.05) is 0 Å². The minimum atomic E-state index is -3.56. The van der Waals surface area contributed by atoms with Gasteiger partial charge in [-0.25, -0.2) is 12.8 Å². The van der Waals surface area contributed by atoms with Crippen LogP contribution >= 0.6 is 11.8 Å². The van der Waals surface area contributed by atoms with Gasteiger partial charge >= 0.3 is 0 Å². The van der Waals surface area contributed by atoms with Crippen LogP contribution < -0.4 is 0 Å². The van der Waals surface area contributed by atoms with E-state index >= 15 is 0 Å². The highest BCUT2D eigenvalue weighted by Gasteiger charge is 2.43. The lowest BCUT2D eigenvalue weighted by atomic mass is 9.97. The first-order chi connectivity index (χ1) is 8.50. The second-order valence-electron chi connectivity index (χ2n) is 4.60. The van der Waals surface area contributed by atoms with Crippen LogP contribution in [0.4, 0.5) is 4.39 Å². The fraction of sp³-hybridized carbons (Fsp3) is 0.417. The first-order valence-electron chi connectivity index (χ1n) is 5.68. The summed E-state index contributed by atoms with van der Waals surface area (Å²) in [4.78, 5) is 12.2. The third-order valence-electron chi connectivity index (χ3n) is 3.46. The predicted octanol–water partition coefficient (Wildman–Crippen LogP) is 1.92. The minimum absolute atomic E-state index is 0.0487. The zero-order chi connectivity index (χ0) is 12.9. The Labute approximate surface area is 109 Å². The minimum Gasteiger partial charge on any atom is -0.293 e. The van der Waals surface area contributed by atoms with E-state index in [2.05, 4.69) is 0 Å². The van der Waals surface area contributed by atoms with Gasteiger partial charge in [-0.1, -0.05) is 6.07 Å². The van der Waals surface area contributed by atoms with Crippen LogP contribution in [0.15, 0.2) is 23.1 Å². The van der Waals surface area contributed by atoms with Crippen molar-refractivity contribution in [3.8, 4) is 0 Å². The summed E-state index contributed by atoms with van der Waals surface area (Å²) in [7, 11) is -3.56. The maximum atomic E-state index is 13.8. The lowest BCUT2D eigenvalue weighted by molar-refractivity contribution is 0.0970. The summed E-state index contributed by atoms with van der Waals surface area (Å²) in [5.41, 5.74) is -0.237. The van der Waals surface area contributed by atoms with Crippen LogP contribution in [0.5, 0.6) is 0 Å². The number of halogens is 1. The van der Waals surface area contributed by atoms with Crippen LogP contribution in [0, 0.1) is 11.7 Å². The molecule has 18 heavy (non-hydrogen) atoms. The van der Waals surface area contributed by atoms with Crippen molar-refractivity contribution in [3.63, 3.8) is 0 Å². The first-order valence-corrected chi connectivity index (χ1v) is 8.38. The Kier molecular flexibility index (Phi) is 2.75. The highest BCUT2D eigenvalue weighted by Crippen LogP contribution is 2.40. The van der Waals surface area contributed by atoms with Crippen LogP contribution in [-0.4, -0.2) is 31.0 Å². The first kappa shape index (κ1) is 12.2. The molecule has 0 aliphatic carbocycles. The molecule has 0 aromatic heterocycles. The van der Waals surface area contributed by atoms with Gasteiger partial charge in [0.2, 0.25) is 0 Å². The van der Waals surface area contributed by atoms with Crippen molar-refractivity contribution in [2.24, 2.45) is 5.92 Å². The van der Waals surface area contributed by atoms with Gasteiger partial charge in [0.15, 0.2) is 15.6 Å². The van der Waals surface area contributed by atoms with Crippen molar-refractivity contribution >= 4 is 27.4 Å². The molecule has 1 aromatic carbocycles. The van der Waals surface area contributed by atoms with E-state index in [-0.39, 0.29) is 27.9 Å². The molecule has 2 aliphatic rings. The lowest BCUT2D eigenvalue weighted by Crippen LogP contribution is -2.24. The van der Waals surface area contributed by atoms with Crippen LogP contribution in [0.3, 0.4) is 0 Å². The van der Waals surface area contributed by atoms with Crippen molar-refractivity contribution < 1.29 is 17.6 Å². The quantitative estimate of drug-likeness (QED) is 0.731. The average Bonchev–Trinajstić information content (AvgIpc) is 2.72. The molecule has 0 saturated carbocycles. The Balaban J connectivity index is 2.28. The molecule has 0 amide bonds. The number of hydrogen-bond acceptors (Lipinski definition) is 4. The Morgan fingerprint density at radius 3 is 2.89 bits per heavy atom. The third kappa shape index (κ3) is 1.70. The molecule has 2 heterocycles. The maximum Gasteiger partial charge on any atom is 0.180 e. The Hall–Kier alpha value is -0.880. The SMILES string of the molecule is O=C1c2c(F)cccc2S(=O)(=O)CC2CCSC12. The molecule has 0 radical (unpaired) electrons. The van der Waals surface area contributed by atoms with E-state index in [4.69, 9.17) is 0 Å². The van der Waals surface area contributed by atoms with E-state index in [0.29, 0.717) is 6.42 Å². The average molecular weight is 286 g/mol. The largest absolute Gasteiger partial charge is 0.293 e. The molecule has 1 fully saturated rings. The zero-order valence-corrected chi connectivity index (χ0v) is 11.1. The van der Waals surface area contributed by atoms with Crippen molar-refractivity contribution in [2.45, 2.75) is 16.6 Å². The summed E-state index contributed by atoms with van der Waals surface area (Å²) < 4.78 is 38.2. The number of ketones is 1. The van der Waals surface area contributed by atoms with Gasteiger partial charge in [0.25, 0.3) is 0 Å². The molecule has 2 atom stereocenters. The van der Waals surface area contributed by atoms with Crippen LogP contribution in [0.1, 0.15) is 16.8 Å². The van der Waals surface area contributed by atoms with E-state index < -0.39 is 20.9 Å². The second kappa shape index (κ2) is 4.06. The number of benzene rings is 1. The van der Waals surface area contributed by atoms with Crippen molar-refractivity contribution in [2.75, 3.05) is 11.5 Å². The third-order valence-corrected chi connectivity index (χ3v) is 6.77. The molecule has 6 heteroatoms. The highest BCUT2D eigenvalue weighted by atomic mass is 32.2. The van der Waals surface area contributed by atoms with Gasteiger partial charge in [-0.15, -0.1) is 11.8 Å². The number of sulfone groups is 1. The van der Waals surface area contributed by atoms with Gasteiger partial charge in [-0.3, -0.25) is 4.79 Å². The van der Waals surface area contributed by atoms with Crippen molar-refractivity contribution in [1.29, 1.82) is 0 Å². The van der Waals surface area contributed by atoms with Crippen molar-refractivity contribution in [3.05, 3.63) is 29.6 Å². The highest BCUT2D eigenvalue weighted by molar-refractivity contribution is 8.01. The van der Waals surface area contributed by atoms with Gasteiger partial charge < -0.3 is 0 Å². The molecule has 3 rings (SSSR count). The molecule has 0 N–H and O–H groups in total. The Bertz CT molecular complexity index is 624. The smallest absolute Gasteiger partial charge is 0.180 e. The van der Waals surface area contributed by atoms with Gasteiger partial charge in [0, 0.05) is 0 Å². The number of Topliss-reactive ketones (excluding diaryl/α,β-unsaturated/α-hetero) is 1. The number of carbonyl (C=O) groups excluding carboxylic acids is 1. The normalized spacial score (nSPS) is 29.5. The Morgan fingerprint density at radius 2 is 2.11 bits per heavy atom. The van der Waals surface area contributed by atoms with Crippen molar-refractivity contribution in [1.82, 2.24) is 0 Å². The molecular formula is C12H11FO3S2. The fourth-order valence-corrected chi connectivity index (χ4v) is 6.10. The van der Waals surface area contributed by atoms with Gasteiger partial charge in [-0.05, 0) is 30.2 Å². The Morgan fingerprint density at radius 1 is 1.33 bits per heavy atom. The number of carbonyl (C=O) groups is 1. The molecule has 0 spiro atoms. The van der Waals surface area contributed by atoms with Gasteiger partial charge in [-0.2, -0.15) is 0 Å². The molecule has 96 valence electrons. The van der Waals surface area contributed by atoms with Crippen LogP contribution in [-0.2, 0) is 9.84 Å². The summed E-state index contributed by atoms with van der Waals surface area (Å²) in [5.74, 6) is -0.557. The van der Waals surface area contributed by atoms with Gasteiger partial charge in [0.05, 0.1) is 21.5 Å². The molecule has 2 unspecified atom stereocenters. The van der Waals surface area contributed by atoms with Crippen LogP contribution in [0.25, 0.3) is 0 Å². The van der Waals surface area contributed by atoms with E-state index in [0.717, 1.165) is 11.8 Å². The summed E-state index contributed by atoms with van der Waals surface area (Å²) in [5, 5.41) is -0.405. The molecule has 1 saturated heterocycles. The van der Waals surface area contributed by atoms with E-state index in [1.54, 1.807) is 0 Å².